The number of nitro groups is 1. The molecule has 5 heteroatoms. The molecule has 70 valence electrons. The van der Waals surface area contributed by atoms with E-state index in [9.17, 15) is 10.1 Å². The van der Waals surface area contributed by atoms with Gasteiger partial charge in [0.05, 0.1) is 11.0 Å². The fourth-order valence-electron chi connectivity index (χ4n) is 0.899. The highest BCUT2D eigenvalue weighted by molar-refractivity contribution is 6.32. The van der Waals surface area contributed by atoms with E-state index in [2.05, 4.69) is 0 Å². The largest absolute Gasteiger partial charge is 0.270 e. The van der Waals surface area contributed by atoms with E-state index in [-0.39, 0.29) is 5.69 Å². The average Bonchev–Trinajstić information content (AvgIpc) is 2.16. The van der Waals surface area contributed by atoms with Crippen LogP contribution in [0.1, 0.15) is 5.56 Å². The molecule has 0 aliphatic heterocycles. The first kappa shape index (κ1) is 10.2. The quantitative estimate of drug-likeness (QED) is 0.426. The molecule has 1 aromatic rings. The molecule has 1 rings (SSSR count). The molecule has 0 aliphatic carbocycles. The summed E-state index contributed by atoms with van der Waals surface area (Å²) in [7, 11) is 0. The minimum absolute atomic E-state index is 0.0491. The molecule has 0 bridgehead atoms. The summed E-state index contributed by atoms with van der Waals surface area (Å²) >= 11 is 5.75. The normalized spacial score (nSPS) is 10.0. The van der Waals surface area contributed by atoms with Gasteiger partial charge in [0.25, 0.3) is 5.69 Å². The summed E-state index contributed by atoms with van der Waals surface area (Å²) in [6.07, 6.45) is 2.64. The van der Waals surface area contributed by atoms with E-state index in [1.165, 1.54) is 30.4 Å². The van der Waals surface area contributed by atoms with E-state index in [0.29, 0.717) is 10.6 Å². The zero-order valence-electron chi connectivity index (χ0n) is 6.98. The summed E-state index contributed by atoms with van der Waals surface area (Å²) in [5.74, 6) is 0. The Balaban J connectivity index is 3.16. The van der Waals surface area contributed by atoms with E-state index in [4.69, 9.17) is 16.9 Å². The first-order chi connectivity index (χ1) is 6.65. The summed E-state index contributed by atoms with van der Waals surface area (Å²) in [6, 6.07) is 5.84. The van der Waals surface area contributed by atoms with Gasteiger partial charge in [-0.2, -0.15) is 5.26 Å². The summed E-state index contributed by atoms with van der Waals surface area (Å²) in [5.41, 5.74) is 0.411. The van der Waals surface area contributed by atoms with Crippen LogP contribution in [-0.2, 0) is 0 Å². The Bertz CT molecular complexity index is 435. The van der Waals surface area contributed by atoms with Crippen LogP contribution in [0.15, 0.2) is 24.3 Å². The number of hydrogen-bond donors (Lipinski definition) is 0. The lowest BCUT2D eigenvalue weighted by Gasteiger charge is -1.96. The monoisotopic (exact) mass is 208 g/mol. The van der Waals surface area contributed by atoms with Gasteiger partial charge in [-0.1, -0.05) is 11.6 Å². The number of nitrogens with zero attached hydrogens (tertiary/aromatic N) is 2. The van der Waals surface area contributed by atoms with Gasteiger partial charge in [-0.15, -0.1) is 0 Å². The van der Waals surface area contributed by atoms with Gasteiger partial charge in [-0.3, -0.25) is 10.1 Å². The van der Waals surface area contributed by atoms with Crippen molar-refractivity contribution in [2.75, 3.05) is 0 Å². The predicted octanol–water partition coefficient (Wildman–Crippen LogP) is 2.78. The van der Waals surface area contributed by atoms with Gasteiger partial charge in [0.2, 0.25) is 0 Å². The second-order valence-corrected chi connectivity index (χ2v) is 2.83. The van der Waals surface area contributed by atoms with E-state index >= 15 is 0 Å². The van der Waals surface area contributed by atoms with E-state index in [1.807, 2.05) is 0 Å². The van der Waals surface area contributed by atoms with Crippen molar-refractivity contribution < 1.29 is 4.92 Å². The Hall–Kier alpha value is -1.86. The minimum atomic E-state index is -0.514. The van der Waals surface area contributed by atoms with Gasteiger partial charge in [-0.05, 0) is 12.1 Å². The van der Waals surface area contributed by atoms with Gasteiger partial charge in [0.1, 0.15) is 0 Å². The zero-order valence-corrected chi connectivity index (χ0v) is 7.73. The third-order valence-corrected chi connectivity index (χ3v) is 1.87. The molecule has 4 nitrogen and oxygen atoms in total. The lowest BCUT2D eigenvalue weighted by Crippen LogP contribution is -1.88. The summed E-state index contributed by atoms with van der Waals surface area (Å²) in [4.78, 5) is 9.90. The number of non-ortho nitro benzene ring substituents is 1. The number of hydrogen-bond acceptors (Lipinski definition) is 3. The first-order valence-corrected chi connectivity index (χ1v) is 4.03. The van der Waals surface area contributed by atoms with Crippen LogP contribution >= 0.6 is 11.6 Å². The Labute approximate surface area is 85.2 Å². The van der Waals surface area contributed by atoms with Crippen molar-refractivity contribution >= 4 is 23.4 Å². The predicted molar refractivity (Wildman–Crippen MR) is 52.8 cm³/mol. The Morgan fingerprint density at radius 3 is 2.86 bits per heavy atom. The molecular weight excluding hydrogens is 204 g/mol. The van der Waals surface area contributed by atoms with Crippen molar-refractivity contribution in [2.45, 2.75) is 0 Å². The number of rotatable bonds is 2. The van der Waals surface area contributed by atoms with Crippen molar-refractivity contribution in [3.63, 3.8) is 0 Å². The highest BCUT2D eigenvalue weighted by atomic mass is 35.5. The zero-order chi connectivity index (χ0) is 10.6. The van der Waals surface area contributed by atoms with Crippen LogP contribution in [-0.4, -0.2) is 4.92 Å². The lowest BCUT2D eigenvalue weighted by molar-refractivity contribution is -0.384. The Morgan fingerprint density at radius 1 is 1.57 bits per heavy atom. The second kappa shape index (κ2) is 4.40. The standard InChI is InChI=1S/C9H5ClN2O2/c10-9-4-3-8(12(13)14)6-7(9)2-1-5-11/h1-4,6H. The van der Waals surface area contributed by atoms with Gasteiger partial charge < -0.3 is 0 Å². The molecular formula is C9H5ClN2O2. The molecule has 1 aromatic carbocycles. The van der Waals surface area contributed by atoms with Crippen LogP contribution in [0.3, 0.4) is 0 Å². The van der Waals surface area contributed by atoms with Crippen LogP contribution < -0.4 is 0 Å². The molecule has 0 amide bonds. The number of nitriles is 1. The molecule has 0 aliphatic rings. The second-order valence-electron chi connectivity index (χ2n) is 2.43. The van der Waals surface area contributed by atoms with Gasteiger partial charge in [-0.25, -0.2) is 0 Å². The van der Waals surface area contributed by atoms with Crippen LogP contribution in [0.25, 0.3) is 6.08 Å². The number of allylic oxidation sites excluding steroid dienone is 1. The number of benzene rings is 1. The Morgan fingerprint density at radius 2 is 2.29 bits per heavy atom. The van der Waals surface area contributed by atoms with E-state index in [1.54, 1.807) is 6.07 Å². The molecule has 0 N–H and O–H groups in total. The van der Waals surface area contributed by atoms with Gasteiger partial charge in [0.15, 0.2) is 0 Å². The Kier molecular flexibility index (Phi) is 3.21. The fraction of sp³-hybridized carbons (Fsp3) is 0. The summed E-state index contributed by atoms with van der Waals surface area (Å²) in [6.45, 7) is 0. The maximum atomic E-state index is 10.4. The maximum Gasteiger partial charge on any atom is 0.270 e. The van der Waals surface area contributed by atoms with Crippen molar-refractivity contribution in [1.29, 1.82) is 5.26 Å². The molecule has 0 radical (unpaired) electrons. The summed E-state index contributed by atoms with van der Waals surface area (Å²) < 4.78 is 0. The molecule has 0 atom stereocenters. The third-order valence-electron chi connectivity index (χ3n) is 1.53. The SMILES string of the molecule is N#CC=Cc1cc([N+](=O)[O-])ccc1Cl. The first-order valence-electron chi connectivity index (χ1n) is 3.65. The van der Waals surface area contributed by atoms with Crippen LogP contribution in [0.4, 0.5) is 5.69 Å². The van der Waals surface area contributed by atoms with E-state index in [0.717, 1.165) is 0 Å². The molecule has 0 saturated carbocycles. The number of nitro benzene ring substituents is 1. The molecule has 0 saturated heterocycles. The van der Waals surface area contributed by atoms with Crippen LogP contribution in [0, 0.1) is 21.4 Å². The molecule has 14 heavy (non-hydrogen) atoms. The van der Waals surface area contributed by atoms with E-state index < -0.39 is 4.92 Å². The maximum absolute atomic E-state index is 10.4. The number of halogens is 1. The summed E-state index contributed by atoms with van der Waals surface area (Å²) in [5, 5.41) is 19.1. The lowest BCUT2D eigenvalue weighted by atomic mass is 10.2. The smallest absolute Gasteiger partial charge is 0.258 e. The molecule has 0 aromatic heterocycles. The fourth-order valence-corrected chi connectivity index (χ4v) is 1.08. The molecule has 0 heterocycles. The molecule has 0 unspecified atom stereocenters. The average molecular weight is 209 g/mol. The van der Waals surface area contributed by atoms with Crippen molar-refractivity contribution in [3.05, 3.63) is 45.0 Å². The van der Waals surface area contributed by atoms with Crippen molar-refractivity contribution in [2.24, 2.45) is 0 Å². The van der Waals surface area contributed by atoms with Crippen molar-refractivity contribution in [3.8, 4) is 6.07 Å². The minimum Gasteiger partial charge on any atom is -0.258 e. The van der Waals surface area contributed by atoms with Crippen molar-refractivity contribution in [1.82, 2.24) is 0 Å². The highest BCUT2D eigenvalue weighted by Crippen LogP contribution is 2.22. The van der Waals surface area contributed by atoms with Crippen LogP contribution in [0.2, 0.25) is 5.02 Å². The topological polar surface area (TPSA) is 66.9 Å². The molecule has 0 spiro atoms. The highest BCUT2D eigenvalue weighted by Gasteiger charge is 2.07. The third kappa shape index (κ3) is 2.31. The van der Waals surface area contributed by atoms with Gasteiger partial charge >= 0.3 is 0 Å². The van der Waals surface area contributed by atoms with Crippen LogP contribution in [0.5, 0.6) is 0 Å². The van der Waals surface area contributed by atoms with Gasteiger partial charge in [0, 0.05) is 28.8 Å². The molecule has 0 fully saturated rings.